The van der Waals surface area contributed by atoms with Crippen molar-refractivity contribution in [3.05, 3.63) is 29.8 Å². The van der Waals surface area contributed by atoms with Gasteiger partial charge in [0.1, 0.15) is 0 Å². The summed E-state index contributed by atoms with van der Waals surface area (Å²) >= 11 is 0. The molecular formula is C15H24N2. The molecule has 0 aromatic heterocycles. The number of hydrogen-bond acceptors (Lipinski definition) is 2. The first-order chi connectivity index (χ1) is 8.02. The van der Waals surface area contributed by atoms with Crippen LogP contribution in [0.2, 0.25) is 0 Å². The highest BCUT2D eigenvalue weighted by atomic mass is 15.2. The molecule has 0 radical (unpaired) electrons. The van der Waals surface area contributed by atoms with Crippen molar-refractivity contribution in [3.63, 3.8) is 0 Å². The Balaban J connectivity index is 2.11. The molecule has 1 atom stereocenters. The van der Waals surface area contributed by atoms with Gasteiger partial charge in [0.25, 0.3) is 0 Å². The smallest absolute Gasteiger partial charge is 0.0400 e. The second-order valence-electron chi connectivity index (χ2n) is 6.03. The van der Waals surface area contributed by atoms with Crippen LogP contribution in [-0.4, -0.2) is 26.2 Å². The minimum Gasteiger partial charge on any atom is -0.369 e. The van der Waals surface area contributed by atoms with Gasteiger partial charge in [-0.15, -0.1) is 0 Å². The van der Waals surface area contributed by atoms with Gasteiger partial charge >= 0.3 is 0 Å². The summed E-state index contributed by atoms with van der Waals surface area (Å²) in [6.07, 6.45) is 1.19. The number of fused-ring (bicyclic) bond motifs is 1. The summed E-state index contributed by atoms with van der Waals surface area (Å²) in [4.78, 5) is 2.52. The molecule has 0 amide bonds. The SMILES string of the molecule is CNC(CN1CCc2ccccc21)C(C)(C)C. The summed E-state index contributed by atoms with van der Waals surface area (Å²) in [7, 11) is 2.07. The number of likely N-dealkylation sites (N-methyl/N-ethyl adjacent to an activating group) is 1. The number of rotatable bonds is 3. The Labute approximate surface area is 105 Å². The lowest BCUT2D eigenvalue weighted by atomic mass is 9.86. The highest BCUT2D eigenvalue weighted by Gasteiger charge is 2.27. The Morgan fingerprint density at radius 2 is 2.00 bits per heavy atom. The molecular weight excluding hydrogens is 208 g/mol. The molecule has 1 heterocycles. The second kappa shape index (κ2) is 4.69. The molecule has 0 fully saturated rings. The molecule has 0 aliphatic carbocycles. The standard InChI is InChI=1S/C15H24N2/c1-15(2,3)14(16-4)11-17-10-9-12-7-5-6-8-13(12)17/h5-8,14,16H,9-11H2,1-4H3. The number of nitrogens with zero attached hydrogens (tertiary/aromatic N) is 1. The van der Waals surface area contributed by atoms with E-state index in [4.69, 9.17) is 0 Å². The molecule has 1 aromatic rings. The van der Waals surface area contributed by atoms with Gasteiger partial charge in [-0.25, -0.2) is 0 Å². The lowest BCUT2D eigenvalue weighted by molar-refractivity contribution is 0.284. The largest absolute Gasteiger partial charge is 0.369 e. The third-order valence-corrected chi connectivity index (χ3v) is 3.78. The van der Waals surface area contributed by atoms with Crippen LogP contribution < -0.4 is 10.2 Å². The zero-order valence-electron chi connectivity index (χ0n) is 11.5. The van der Waals surface area contributed by atoms with E-state index in [2.05, 4.69) is 62.3 Å². The first-order valence-corrected chi connectivity index (χ1v) is 6.52. The Bertz CT molecular complexity index is 379. The van der Waals surface area contributed by atoms with Crippen LogP contribution in [0.25, 0.3) is 0 Å². The van der Waals surface area contributed by atoms with Gasteiger partial charge in [0, 0.05) is 24.8 Å². The average molecular weight is 232 g/mol. The maximum Gasteiger partial charge on any atom is 0.0400 e. The maximum atomic E-state index is 3.46. The first-order valence-electron chi connectivity index (χ1n) is 6.52. The molecule has 1 aliphatic rings. The van der Waals surface area contributed by atoms with Gasteiger partial charge in [0.05, 0.1) is 0 Å². The van der Waals surface area contributed by atoms with E-state index >= 15 is 0 Å². The summed E-state index contributed by atoms with van der Waals surface area (Å²) in [6, 6.07) is 9.30. The van der Waals surface area contributed by atoms with Gasteiger partial charge in [-0.1, -0.05) is 39.0 Å². The van der Waals surface area contributed by atoms with Gasteiger partial charge in [0.15, 0.2) is 0 Å². The number of benzene rings is 1. The lowest BCUT2D eigenvalue weighted by Crippen LogP contribution is -2.46. The van der Waals surface area contributed by atoms with Crippen LogP contribution in [0, 0.1) is 5.41 Å². The minimum absolute atomic E-state index is 0.298. The molecule has 2 nitrogen and oxygen atoms in total. The van der Waals surface area contributed by atoms with Crippen molar-refractivity contribution in [2.75, 3.05) is 25.0 Å². The fourth-order valence-electron chi connectivity index (χ4n) is 2.61. The predicted molar refractivity (Wildman–Crippen MR) is 74.7 cm³/mol. The van der Waals surface area contributed by atoms with Crippen LogP contribution in [-0.2, 0) is 6.42 Å². The molecule has 94 valence electrons. The number of hydrogen-bond donors (Lipinski definition) is 1. The molecule has 1 aliphatic heterocycles. The number of para-hydroxylation sites is 1. The van der Waals surface area contributed by atoms with Gasteiger partial charge in [-0.2, -0.15) is 0 Å². The molecule has 2 rings (SSSR count). The van der Waals surface area contributed by atoms with E-state index in [0.29, 0.717) is 11.5 Å². The predicted octanol–water partition coefficient (Wildman–Crippen LogP) is 2.68. The maximum absolute atomic E-state index is 3.46. The first kappa shape index (κ1) is 12.4. The summed E-state index contributed by atoms with van der Waals surface area (Å²) in [5.74, 6) is 0. The third kappa shape index (κ3) is 2.63. The highest BCUT2D eigenvalue weighted by molar-refractivity contribution is 5.57. The van der Waals surface area contributed by atoms with Crippen LogP contribution in [0.4, 0.5) is 5.69 Å². The molecule has 0 spiro atoms. The molecule has 1 aromatic carbocycles. The molecule has 1 N–H and O–H groups in total. The summed E-state index contributed by atoms with van der Waals surface area (Å²) in [5, 5.41) is 3.46. The molecule has 0 saturated carbocycles. The van der Waals surface area contributed by atoms with Crippen molar-refractivity contribution in [1.29, 1.82) is 0 Å². The average Bonchev–Trinajstić information content (AvgIpc) is 2.67. The minimum atomic E-state index is 0.298. The summed E-state index contributed by atoms with van der Waals surface area (Å²) in [5.41, 5.74) is 3.22. The van der Waals surface area contributed by atoms with Crippen molar-refractivity contribution in [2.24, 2.45) is 5.41 Å². The van der Waals surface area contributed by atoms with E-state index in [1.807, 2.05) is 0 Å². The van der Waals surface area contributed by atoms with Gasteiger partial charge < -0.3 is 10.2 Å². The van der Waals surface area contributed by atoms with Crippen LogP contribution in [0.3, 0.4) is 0 Å². The normalized spacial score (nSPS) is 17.1. The molecule has 0 bridgehead atoms. The molecule has 1 unspecified atom stereocenters. The van der Waals surface area contributed by atoms with Crippen molar-refractivity contribution in [3.8, 4) is 0 Å². The van der Waals surface area contributed by atoms with Crippen LogP contribution >= 0.6 is 0 Å². The van der Waals surface area contributed by atoms with Crippen molar-refractivity contribution in [1.82, 2.24) is 5.32 Å². The summed E-state index contributed by atoms with van der Waals surface area (Å²) in [6.45, 7) is 9.16. The van der Waals surface area contributed by atoms with Gasteiger partial charge in [-0.05, 0) is 30.5 Å². The van der Waals surface area contributed by atoms with Crippen molar-refractivity contribution >= 4 is 5.69 Å². The topological polar surface area (TPSA) is 15.3 Å². The molecule has 2 heteroatoms. The zero-order chi connectivity index (χ0) is 12.5. The van der Waals surface area contributed by atoms with E-state index in [0.717, 1.165) is 13.1 Å². The van der Waals surface area contributed by atoms with E-state index < -0.39 is 0 Å². The van der Waals surface area contributed by atoms with E-state index in [9.17, 15) is 0 Å². The van der Waals surface area contributed by atoms with E-state index in [1.54, 1.807) is 0 Å². The monoisotopic (exact) mass is 232 g/mol. The van der Waals surface area contributed by atoms with Crippen LogP contribution in [0.5, 0.6) is 0 Å². The fraction of sp³-hybridized carbons (Fsp3) is 0.600. The molecule has 0 saturated heterocycles. The fourth-order valence-corrected chi connectivity index (χ4v) is 2.61. The number of nitrogens with one attached hydrogen (secondary N) is 1. The zero-order valence-corrected chi connectivity index (χ0v) is 11.5. The van der Waals surface area contributed by atoms with Gasteiger partial charge in [-0.3, -0.25) is 0 Å². The van der Waals surface area contributed by atoms with E-state index in [1.165, 1.54) is 17.7 Å². The van der Waals surface area contributed by atoms with Crippen molar-refractivity contribution in [2.45, 2.75) is 33.2 Å². The Morgan fingerprint density at radius 3 is 2.65 bits per heavy atom. The van der Waals surface area contributed by atoms with Crippen LogP contribution in [0.1, 0.15) is 26.3 Å². The Kier molecular flexibility index (Phi) is 3.43. The third-order valence-electron chi connectivity index (χ3n) is 3.78. The molecule has 17 heavy (non-hydrogen) atoms. The summed E-state index contributed by atoms with van der Waals surface area (Å²) < 4.78 is 0. The van der Waals surface area contributed by atoms with Gasteiger partial charge in [0.2, 0.25) is 0 Å². The number of anilines is 1. The van der Waals surface area contributed by atoms with Crippen molar-refractivity contribution < 1.29 is 0 Å². The Morgan fingerprint density at radius 1 is 1.29 bits per heavy atom. The quantitative estimate of drug-likeness (QED) is 0.862. The van der Waals surface area contributed by atoms with E-state index in [-0.39, 0.29) is 0 Å². The van der Waals surface area contributed by atoms with Crippen LogP contribution in [0.15, 0.2) is 24.3 Å². The lowest BCUT2D eigenvalue weighted by Gasteiger charge is -2.34. The highest BCUT2D eigenvalue weighted by Crippen LogP contribution is 2.29. The second-order valence-corrected chi connectivity index (χ2v) is 6.03. The Hall–Kier alpha value is -1.02.